The van der Waals surface area contributed by atoms with Crippen molar-refractivity contribution >= 4 is 17.2 Å². The summed E-state index contributed by atoms with van der Waals surface area (Å²) in [6.07, 6.45) is -4.23. The van der Waals surface area contributed by atoms with Crippen molar-refractivity contribution in [2.24, 2.45) is 0 Å². The fourth-order valence-corrected chi connectivity index (χ4v) is 3.83. The number of hydrogen-bond acceptors (Lipinski definition) is 4. The molecule has 1 aromatic heterocycles. The van der Waals surface area contributed by atoms with Crippen LogP contribution in [-0.2, 0) is 17.4 Å². The lowest BCUT2D eigenvalue weighted by molar-refractivity contribution is -0.137. The predicted molar refractivity (Wildman–Crippen MR) is 94.9 cm³/mol. The molecule has 1 fully saturated rings. The molecule has 140 valence electrons. The number of hydrogen-bond donors (Lipinski definition) is 1. The van der Waals surface area contributed by atoms with E-state index in [4.69, 9.17) is 0 Å². The summed E-state index contributed by atoms with van der Waals surface area (Å²) in [6, 6.07) is 5.41. The summed E-state index contributed by atoms with van der Waals surface area (Å²) in [5.74, 6) is -0.00765. The van der Waals surface area contributed by atoms with Gasteiger partial charge in [0.15, 0.2) is 0 Å². The summed E-state index contributed by atoms with van der Waals surface area (Å²) in [7, 11) is 0. The number of aromatic nitrogens is 1. The lowest BCUT2D eigenvalue weighted by atomic mass is 10.1. The number of nitrogens with zero attached hydrogens (tertiary/aromatic N) is 2. The van der Waals surface area contributed by atoms with Gasteiger partial charge >= 0.3 is 6.18 Å². The van der Waals surface area contributed by atoms with Crippen LogP contribution in [0, 0.1) is 0 Å². The highest BCUT2D eigenvalue weighted by Gasteiger charge is 2.31. The molecular weight excluding hydrogens is 363 g/mol. The third kappa shape index (κ3) is 4.07. The van der Waals surface area contributed by atoms with Gasteiger partial charge in [0.25, 0.3) is 0 Å². The van der Waals surface area contributed by atoms with Crippen LogP contribution in [0.2, 0.25) is 0 Å². The van der Waals surface area contributed by atoms with E-state index in [1.165, 1.54) is 17.4 Å². The van der Waals surface area contributed by atoms with Crippen LogP contribution in [0.1, 0.15) is 25.1 Å². The van der Waals surface area contributed by atoms with Gasteiger partial charge in [0, 0.05) is 36.1 Å². The number of thiazole rings is 1. The maximum absolute atomic E-state index is 12.9. The van der Waals surface area contributed by atoms with Gasteiger partial charge in [-0.3, -0.25) is 4.79 Å². The molecule has 1 aromatic carbocycles. The Morgan fingerprint density at radius 1 is 1.38 bits per heavy atom. The van der Waals surface area contributed by atoms with Gasteiger partial charge in [-0.15, -0.1) is 11.3 Å². The molecule has 0 radical (unpaired) electrons. The SMILES string of the molecule is CC1NCCN(C(=O)Cc2csc(-c3cccc(C(F)(F)F)c3)n2)C1C. The minimum atomic E-state index is -4.39. The topological polar surface area (TPSA) is 45.2 Å². The number of rotatable bonds is 3. The number of carbonyl (C=O) groups excluding carboxylic acids is 1. The minimum Gasteiger partial charge on any atom is -0.337 e. The molecule has 0 bridgehead atoms. The highest BCUT2D eigenvalue weighted by atomic mass is 32.1. The Balaban J connectivity index is 1.73. The monoisotopic (exact) mass is 383 g/mol. The highest BCUT2D eigenvalue weighted by molar-refractivity contribution is 7.13. The second-order valence-corrected chi connectivity index (χ2v) is 7.33. The van der Waals surface area contributed by atoms with Crippen molar-refractivity contribution in [1.29, 1.82) is 0 Å². The Kier molecular flexibility index (Phi) is 5.34. The van der Waals surface area contributed by atoms with E-state index in [-0.39, 0.29) is 24.4 Å². The predicted octanol–water partition coefficient (Wildman–Crippen LogP) is 3.58. The molecule has 1 aliphatic heterocycles. The van der Waals surface area contributed by atoms with Gasteiger partial charge in [-0.05, 0) is 26.0 Å². The maximum Gasteiger partial charge on any atom is 0.416 e. The largest absolute Gasteiger partial charge is 0.416 e. The van der Waals surface area contributed by atoms with Crippen LogP contribution in [0.25, 0.3) is 10.6 Å². The third-order valence-corrected chi connectivity index (χ3v) is 5.62. The number of nitrogens with one attached hydrogen (secondary N) is 1. The molecule has 3 rings (SSSR count). The summed E-state index contributed by atoms with van der Waals surface area (Å²) in [6.45, 7) is 5.45. The van der Waals surface area contributed by atoms with Crippen LogP contribution in [0.4, 0.5) is 13.2 Å². The molecule has 2 heterocycles. The van der Waals surface area contributed by atoms with Crippen molar-refractivity contribution < 1.29 is 18.0 Å². The van der Waals surface area contributed by atoms with Crippen LogP contribution in [0.5, 0.6) is 0 Å². The summed E-state index contributed by atoms with van der Waals surface area (Å²) in [5, 5.41) is 5.55. The van der Waals surface area contributed by atoms with Crippen LogP contribution in [-0.4, -0.2) is 41.0 Å². The number of halogens is 3. The number of carbonyl (C=O) groups is 1. The molecule has 1 amide bonds. The van der Waals surface area contributed by atoms with Crippen molar-refractivity contribution in [1.82, 2.24) is 15.2 Å². The van der Waals surface area contributed by atoms with Crippen LogP contribution in [0.3, 0.4) is 0 Å². The lowest BCUT2D eigenvalue weighted by Crippen LogP contribution is -2.57. The molecule has 1 saturated heterocycles. The first-order chi connectivity index (χ1) is 12.3. The average Bonchev–Trinajstić information content (AvgIpc) is 3.05. The smallest absolute Gasteiger partial charge is 0.337 e. The van der Waals surface area contributed by atoms with E-state index >= 15 is 0 Å². The zero-order valence-corrected chi connectivity index (χ0v) is 15.3. The molecule has 26 heavy (non-hydrogen) atoms. The van der Waals surface area contributed by atoms with Gasteiger partial charge in [-0.25, -0.2) is 4.98 Å². The third-order valence-electron chi connectivity index (χ3n) is 4.68. The van der Waals surface area contributed by atoms with Crippen LogP contribution in [0.15, 0.2) is 29.6 Å². The number of alkyl halides is 3. The van der Waals surface area contributed by atoms with E-state index in [0.717, 1.165) is 18.7 Å². The van der Waals surface area contributed by atoms with Gasteiger partial charge in [0.1, 0.15) is 5.01 Å². The Morgan fingerprint density at radius 3 is 2.88 bits per heavy atom. The number of amides is 1. The van der Waals surface area contributed by atoms with Gasteiger partial charge < -0.3 is 10.2 Å². The molecule has 8 heteroatoms. The first-order valence-corrected chi connectivity index (χ1v) is 9.28. The first-order valence-electron chi connectivity index (χ1n) is 8.40. The van der Waals surface area contributed by atoms with Gasteiger partial charge in [-0.2, -0.15) is 13.2 Å². The van der Waals surface area contributed by atoms with Crippen molar-refractivity contribution in [3.05, 3.63) is 40.9 Å². The summed E-state index contributed by atoms with van der Waals surface area (Å²) in [5.41, 5.74) is 0.296. The van der Waals surface area contributed by atoms with Gasteiger partial charge in [0.2, 0.25) is 5.91 Å². The number of benzene rings is 1. The zero-order chi connectivity index (χ0) is 18.9. The van der Waals surface area contributed by atoms with E-state index in [1.54, 1.807) is 11.4 Å². The molecule has 2 unspecified atom stereocenters. The second-order valence-electron chi connectivity index (χ2n) is 6.47. The Morgan fingerprint density at radius 2 is 2.15 bits per heavy atom. The molecule has 0 saturated carbocycles. The van der Waals surface area contributed by atoms with Crippen LogP contribution >= 0.6 is 11.3 Å². The zero-order valence-electron chi connectivity index (χ0n) is 14.5. The number of piperazine rings is 1. The minimum absolute atomic E-state index is 0.00765. The Bertz CT molecular complexity index is 790. The van der Waals surface area contributed by atoms with Crippen molar-refractivity contribution in [3.63, 3.8) is 0 Å². The van der Waals surface area contributed by atoms with Gasteiger partial charge in [-0.1, -0.05) is 12.1 Å². The Hall–Kier alpha value is -1.93. The van der Waals surface area contributed by atoms with Gasteiger partial charge in [0.05, 0.1) is 17.7 Å². The lowest BCUT2D eigenvalue weighted by Gasteiger charge is -2.38. The fourth-order valence-electron chi connectivity index (χ4n) is 3.01. The molecular formula is C18H20F3N3OS. The Labute approximate surface area is 154 Å². The van der Waals surface area contributed by atoms with E-state index in [0.29, 0.717) is 22.8 Å². The van der Waals surface area contributed by atoms with E-state index in [1.807, 2.05) is 18.7 Å². The molecule has 0 spiro atoms. The van der Waals surface area contributed by atoms with Crippen molar-refractivity contribution in [2.45, 2.75) is 38.5 Å². The first kappa shape index (κ1) is 18.8. The van der Waals surface area contributed by atoms with Crippen LogP contribution < -0.4 is 5.32 Å². The summed E-state index contributed by atoms with van der Waals surface area (Å²) >= 11 is 1.25. The summed E-state index contributed by atoms with van der Waals surface area (Å²) in [4.78, 5) is 18.8. The normalized spacial score (nSPS) is 21.0. The molecule has 4 nitrogen and oxygen atoms in total. The molecule has 1 aliphatic rings. The molecule has 0 aliphatic carbocycles. The van der Waals surface area contributed by atoms with E-state index in [2.05, 4.69) is 10.3 Å². The maximum atomic E-state index is 12.9. The quantitative estimate of drug-likeness (QED) is 0.881. The molecule has 2 aromatic rings. The van der Waals surface area contributed by atoms with Crippen molar-refractivity contribution in [3.8, 4) is 10.6 Å². The molecule has 1 N–H and O–H groups in total. The van der Waals surface area contributed by atoms with E-state index in [9.17, 15) is 18.0 Å². The average molecular weight is 383 g/mol. The fraction of sp³-hybridized carbons (Fsp3) is 0.444. The van der Waals surface area contributed by atoms with Crippen molar-refractivity contribution in [2.75, 3.05) is 13.1 Å². The summed E-state index contributed by atoms with van der Waals surface area (Å²) < 4.78 is 38.6. The highest BCUT2D eigenvalue weighted by Crippen LogP contribution is 2.33. The van der Waals surface area contributed by atoms with E-state index < -0.39 is 11.7 Å². The second kappa shape index (κ2) is 7.36. The standard InChI is InChI=1S/C18H20F3N3OS/c1-11-12(2)24(7-6-22-11)16(25)9-15-10-26-17(23-15)13-4-3-5-14(8-13)18(19,20)21/h3-5,8,10-12,22H,6-7,9H2,1-2H3. The molecule has 2 atom stereocenters.